The van der Waals surface area contributed by atoms with Crippen LogP contribution in [0.2, 0.25) is 0 Å². The van der Waals surface area contributed by atoms with Gasteiger partial charge >= 0.3 is 0 Å². The highest BCUT2D eigenvalue weighted by Gasteiger charge is 2.35. The molecule has 0 bridgehead atoms. The minimum atomic E-state index is -0.0238. The van der Waals surface area contributed by atoms with E-state index in [-0.39, 0.29) is 17.4 Å². The largest absolute Gasteiger partial charge is 0.338 e. The third-order valence-corrected chi connectivity index (χ3v) is 3.84. The SMILES string of the molecule is Cc1ncccc1C(=O)N1CCC(N)C(C)(C)C1. The Morgan fingerprint density at radius 1 is 1.56 bits per heavy atom. The minimum absolute atomic E-state index is 0.0238. The van der Waals surface area contributed by atoms with Crippen molar-refractivity contribution >= 4 is 5.91 Å². The Morgan fingerprint density at radius 2 is 2.28 bits per heavy atom. The molecule has 0 aromatic carbocycles. The molecule has 1 amide bonds. The van der Waals surface area contributed by atoms with Crippen LogP contribution in [0, 0.1) is 12.3 Å². The van der Waals surface area contributed by atoms with Crippen molar-refractivity contribution in [3.8, 4) is 0 Å². The molecule has 0 radical (unpaired) electrons. The predicted molar refractivity (Wildman–Crippen MR) is 71.3 cm³/mol. The third kappa shape index (κ3) is 2.38. The number of aromatic nitrogens is 1. The Hall–Kier alpha value is -1.42. The molecule has 1 unspecified atom stereocenters. The van der Waals surface area contributed by atoms with Crippen molar-refractivity contribution in [1.82, 2.24) is 9.88 Å². The summed E-state index contributed by atoms with van der Waals surface area (Å²) in [5.74, 6) is 0.0700. The molecule has 2 heterocycles. The van der Waals surface area contributed by atoms with Gasteiger partial charge in [-0.25, -0.2) is 0 Å². The van der Waals surface area contributed by atoms with Crippen molar-refractivity contribution in [2.45, 2.75) is 33.2 Å². The second-order valence-corrected chi connectivity index (χ2v) is 5.75. The first kappa shape index (κ1) is 13.0. The predicted octanol–water partition coefficient (Wildman–Crippen LogP) is 1.59. The van der Waals surface area contributed by atoms with Crippen LogP contribution in [0.1, 0.15) is 36.3 Å². The van der Waals surface area contributed by atoms with Gasteiger partial charge in [0.15, 0.2) is 0 Å². The van der Waals surface area contributed by atoms with Gasteiger partial charge in [0.25, 0.3) is 5.91 Å². The Bertz CT molecular complexity index is 456. The summed E-state index contributed by atoms with van der Waals surface area (Å²) in [7, 11) is 0. The summed E-state index contributed by atoms with van der Waals surface area (Å²) in [4.78, 5) is 18.5. The van der Waals surface area contributed by atoms with E-state index in [1.165, 1.54) is 0 Å². The zero-order chi connectivity index (χ0) is 13.3. The average molecular weight is 247 g/mol. The quantitative estimate of drug-likeness (QED) is 0.820. The molecule has 18 heavy (non-hydrogen) atoms. The number of piperidine rings is 1. The zero-order valence-electron chi connectivity index (χ0n) is 11.3. The maximum Gasteiger partial charge on any atom is 0.255 e. The lowest BCUT2D eigenvalue weighted by Gasteiger charge is -2.42. The van der Waals surface area contributed by atoms with Crippen molar-refractivity contribution in [3.05, 3.63) is 29.6 Å². The lowest BCUT2D eigenvalue weighted by atomic mass is 9.79. The van der Waals surface area contributed by atoms with Crippen LogP contribution in [-0.4, -0.2) is 34.9 Å². The summed E-state index contributed by atoms with van der Waals surface area (Å²) >= 11 is 0. The van der Waals surface area contributed by atoms with Gasteiger partial charge in [0.05, 0.1) is 5.56 Å². The number of hydrogen-bond acceptors (Lipinski definition) is 3. The summed E-state index contributed by atoms with van der Waals surface area (Å²) < 4.78 is 0. The molecule has 0 saturated carbocycles. The first-order chi connectivity index (χ1) is 8.42. The van der Waals surface area contributed by atoms with E-state index in [1.54, 1.807) is 12.3 Å². The topological polar surface area (TPSA) is 59.2 Å². The van der Waals surface area contributed by atoms with Gasteiger partial charge in [-0.1, -0.05) is 13.8 Å². The highest BCUT2D eigenvalue weighted by molar-refractivity contribution is 5.95. The fourth-order valence-corrected chi connectivity index (χ4v) is 2.43. The summed E-state index contributed by atoms with van der Waals surface area (Å²) in [6.07, 6.45) is 2.57. The van der Waals surface area contributed by atoms with E-state index in [0.717, 1.165) is 18.7 Å². The highest BCUT2D eigenvalue weighted by Crippen LogP contribution is 2.28. The van der Waals surface area contributed by atoms with Crippen molar-refractivity contribution in [2.75, 3.05) is 13.1 Å². The molecule has 0 spiro atoms. The van der Waals surface area contributed by atoms with Crippen LogP contribution in [0.5, 0.6) is 0 Å². The number of aryl methyl sites for hydroxylation is 1. The molecule has 1 aromatic heterocycles. The Morgan fingerprint density at radius 3 is 2.89 bits per heavy atom. The van der Waals surface area contributed by atoms with Crippen LogP contribution in [0.15, 0.2) is 18.3 Å². The lowest BCUT2D eigenvalue weighted by Crippen LogP contribution is -2.54. The molecule has 1 atom stereocenters. The second kappa shape index (κ2) is 4.69. The van der Waals surface area contributed by atoms with Gasteiger partial charge in [0.1, 0.15) is 0 Å². The van der Waals surface area contributed by atoms with E-state index in [9.17, 15) is 4.79 Å². The van der Waals surface area contributed by atoms with Crippen LogP contribution >= 0.6 is 0 Å². The lowest BCUT2D eigenvalue weighted by molar-refractivity contribution is 0.0532. The number of carbonyl (C=O) groups is 1. The van der Waals surface area contributed by atoms with Crippen LogP contribution in [0.4, 0.5) is 0 Å². The van der Waals surface area contributed by atoms with Crippen LogP contribution in [0.25, 0.3) is 0 Å². The molecule has 2 N–H and O–H groups in total. The molecule has 1 fully saturated rings. The van der Waals surface area contributed by atoms with Gasteiger partial charge in [-0.3, -0.25) is 9.78 Å². The van der Waals surface area contributed by atoms with Gasteiger partial charge in [0, 0.05) is 31.0 Å². The van der Waals surface area contributed by atoms with Crippen LogP contribution in [0.3, 0.4) is 0 Å². The number of nitrogens with two attached hydrogens (primary N) is 1. The maximum absolute atomic E-state index is 12.5. The van der Waals surface area contributed by atoms with E-state index < -0.39 is 0 Å². The van der Waals surface area contributed by atoms with E-state index >= 15 is 0 Å². The summed E-state index contributed by atoms with van der Waals surface area (Å²) in [6.45, 7) is 7.55. The highest BCUT2D eigenvalue weighted by atomic mass is 16.2. The molecule has 4 heteroatoms. The van der Waals surface area contributed by atoms with E-state index in [0.29, 0.717) is 12.1 Å². The van der Waals surface area contributed by atoms with Crippen LogP contribution in [-0.2, 0) is 0 Å². The number of pyridine rings is 1. The number of amides is 1. The van der Waals surface area contributed by atoms with Gasteiger partial charge in [-0.15, -0.1) is 0 Å². The van der Waals surface area contributed by atoms with Crippen molar-refractivity contribution in [2.24, 2.45) is 11.1 Å². The molecule has 0 aliphatic carbocycles. The van der Waals surface area contributed by atoms with Gasteiger partial charge in [-0.05, 0) is 30.9 Å². The molecule has 2 rings (SSSR count). The van der Waals surface area contributed by atoms with Gasteiger partial charge in [0.2, 0.25) is 0 Å². The Labute approximate surface area is 108 Å². The number of hydrogen-bond donors (Lipinski definition) is 1. The van der Waals surface area contributed by atoms with Crippen molar-refractivity contribution in [1.29, 1.82) is 0 Å². The van der Waals surface area contributed by atoms with Gasteiger partial charge < -0.3 is 10.6 Å². The zero-order valence-corrected chi connectivity index (χ0v) is 11.3. The molecule has 4 nitrogen and oxygen atoms in total. The number of carbonyl (C=O) groups excluding carboxylic acids is 1. The number of likely N-dealkylation sites (tertiary alicyclic amines) is 1. The maximum atomic E-state index is 12.5. The Balaban J connectivity index is 2.18. The first-order valence-electron chi connectivity index (χ1n) is 6.38. The van der Waals surface area contributed by atoms with E-state index in [4.69, 9.17) is 5.73 Å². The second-order valence-electron chi connectivity index (χ2n) is 5.75. The molecule has 1 aliphatic heterocycles. The average Bonchev–Trinajstić information content (AvgIpc) is 2.32. The first-order valence-corrected chi connectivity index (χ1v) is 6.38. The minimum Gasteiger partial charge on any atom is -0.338 e. The van der Waals surface area contributed by atoms with Crippen molar-refractivity contribution < 1.29 is 4.79 Å². The smallest absolute Gasteiger partial charge is 0.255 e. The van der Waals surface area contributed by atoms with E-state index in [2.05, 4.69) is 18.8 Å². The monoisotopic (exact) mass is 247 g/mol. The van der Waals surface area contributed by atoms with Crippen molar-refractivity contribution in [3.63, 3.8) is 0 Å². The number of rotatable bonds is 1. The van der Waals surface area contributed by atoms with Gasteiger partial charge in [-0.2, -0.15) is 0 Å². The third-order valence-electron chi connectivity index (χ3n) is 3.84. The normalized spacial score (nSPS) is 22.9. The summed E-state index contributed by atoms with van der Waals surface area (Å²) in [5, 5.41) is 0. The number of nitrogens with zero attached hydrogens (tertiary/aromatic N) is 2. The molecular formula is C14H21N3O. The molecule has 1 saturated heterocycles. The molecule has 1 aromatic rings. The summed E-state index contributed by atoms with van der Waals surface area (Å²) in [6, 6.07) is 3.81. The fourth-order valence-electron chi connectivity index (χ4n) is 2.43. The fraction of sp³-hybridized carbons (Fsp3) is 0.571. The van der Waals surface area contributed by atoms with Crippen LogP contribution < -0.4 is 5.73 Å². The van der Waals surface area contributed by atoms with E-state index in [1.807, 2.05) is 17.9 Å². The molecule has 98 valence electrons. The summed E-state index contributed by atoms with van der Waals surface area (Å²) in [5.41, 5.74) is 7.55. The standard InChI is InChI=1S/C14H21N3O/c1-10-11(5-4-7-16-10)13(18)17-8-6-12(15)14(2,3)9-17/h4-5,7,12H,6,8-9,15H2,1-3H3. The molecular weight excluding hydrogens is 226 g/mol. The Kier molecular flexibility index (Phi) is 3.39. The molecule has 1 aliphatic rings.